The molecule has 1 heterocycles. The lowest BCUT2D eigenvalue weighted by Gasteiger charge is -2.31. The van der Waals surface area contributed by atoms with Crippen molar-refractivity contribution in [3.63, 3.8) is 0 Å². The molecule has 0 aromatic heterocycles. The van der Waals surface area contributed by atoms with Gasteiger partial charge >= 0.3 is 5.97 Å². The largest absolute Gasteiger partial charge is 0.463 e. The highest BCUT2D eigenvalue weighted by Gasteiger charge is 2.31. The van der Waals surface area contributed by atoms with E-state index in [4.69, 9.17) is 17.0 Å². The zero-order valence-electron chi connectivity index (χ0n) is 10.1. The van der Waals surface area contributed by atoms with Crippen LogP contribution in [0.1, 0.15) is 27.7 Å². The van der Waals surface area contributed by atoms with Crippen LogP contribution in [-0.2, 0) is 9.53 Å². The summed E-state index contributed by atoms with van der Waals surface area (Å²) in [7, 11) is 0. The molecule has 0 saturated heterocycles. The lowest BCUT2D eigenvalue weighted by Crippen LogP contribution is -2.51. The minimum Gasteiger partial charge on any atom is -0.463 e. The number of ether oxygens (including phenoxy) is 1. The van der Waals surface area contributed by atoms with Gasteiger partial charge in [0.1, 0.15) is 0 Å². The predicted octanol–water partition coefficient (Wildman–Crippen LogP) is 1.33. The molecule has 0 aromatic rings. The molecule has 1 unspecified atom stereocenters. The molecule has 0 amide bonds. The molecule has 5 heteroatoms. The highest BCUT2D eigenvalue weighted by Crippen LogP contribution is 2.19. The third kappa shape index (κ3) is 2.72. The Bertz CT molecular complexity index is 337. The summed E-state index contributed by atoms with van der Waals surface area (Å²) in [5, 5.41) is 6.61. The SMILES string of the molecule is CCOC(=O)C1=C(C)NC(=S)NC1C(C)C. The van der Waals surface area contributed by atoms with Crippen molar-refractivity contribution >= 4 is 23.3 Å². The first-order chi connectivity index (χ1) is 7.47. The molecule has 1 rings (SSSR count). The summed E-state index contributed by atoms with van der Waals surface area (Å²) in [6, 6.07) is -0.0761. The maximum absolute atomic E-state index is 11.8. The first-order valence-electron chi connectivity index (χ1n) is 5.42. The minimum absolute atomic E-state index is 0.0761. The van der Waals surface area contributed by atoms with Gasteiger partial charge in [-0.1, -0.05) is 13.8 Å². The van der Waals surface area contributed by atoms with Gasteiger partial charge in [-0.05, 0) is 32.0 Å². The summed E-state index contributed by atoms with van der Waals surface area (Å²) >= 11 is 5.07. The van der Waals surface area contributed by atoms with Gasteiger partial charge < -0.3 is 15.4 Å². The molecule has 0 spiro atoms. The molecule has 16 heavy (non-hydrogen) atoms. The number of rotatable bonds is 3. The number of nitrogens with one attached hydrogen (secondary N) is 2. The summed E-state index contributed by atoms with van der Waals surface area (Å²) in [5.74, 6) is -0.00407. The first-order valence-corrected chi connectivity index (χ1v) is 5.83. The third-order valence-corrected chi connectivity index (χ3v) is 2.68. The van der Waals surface area contributed by atoms with Gasteiger partial charge in [-0.15, -0.1) is 0 Å². The van der Waals surface area contributed by atoms with E-state index in [1.165, 1.54) is 0 Å². The van der Waals surface area contributed by atoms with Crippen LogP contribution >= 0.6 is 12.2 Å². The van der Waals surface area contributed by atoms with E-state index in [9.17, 15) is 4.79 Å². The Morgan fingerprint density at radius 2 is 2.19 bits per heavy atom. The molecule has 1 aliphatic rings. The Kier molecular flexibility index (Phi) is 4.29. The highest BCUT2D eigenvalue weighted by molar-refractivity contribution is 7.80. The molecule has 1 aliphatic heterocycles. The molecule has 90 valence electrons. The summed E-state index contributed by atoms with van der Waals surface area (Å²) < 4.78 is 5.05. The second kappa shape index (κ2) is 5.30. The molecule has 2 N–H and O–H groups in total. The summed E-state index contributed by atoms with van der Waals surface area (Å²) in [6.07, 6.45) is 0. The quantitative estimate of drug-likeness (QED) is 0.577. The fourth-order valence-electron chi connectivity index (χ4n) is 1.71. The Morgan fingerprint density at radius 3 is 2.69 bits per heavy atom. The monoisotopic (exact) mass is 242 g/mol. The first kappa shape index (κ1) is 13.0. The maximum Gasteiger partial charge on any atom is 0.337 e. The Labute approximate surface area is 101 Å². The maximum atomic E-state index is 11.8. The number of esters is 1. The number of allylic oxidation sites excluding steroid dienone is 1. The van der Waals surface area contributed by atoms with Crippen LogP contribution in [0.15, 0.2) is 11.3 Å². The van der Waals surface area contributed by atoms with Gasteiger partial charge in [0, 0.05) is 5.70 Å². The molecule has 0 radical (unpaired) electrons. The zero-order valence-corrected chi connectivity index (χ0v) is 10.9. The van der Waals surface area contributed by atoms with E-state index in [2.05, 4.69) is 10.6 Å². The van der Waals surface area contributed by atoms with E-state index < -0.39 is 0 Å². The van der Waals surface area contributed by atoms with Crippen LogP contribution in [0.2, 0.25) is 0 Å². The van der Waals surface area contributed by atoms with Gasteiger partial charge in [-0.3, -0.25) is 0 Å². The Balaban J connectivity index is 3.02. The standard InChI is InChI=1S/C11H18N2O2S/c1-5-15-10(14)8-7(4)12-11(16)13-9(8)6(2)3/h6,9H,5H2,1-4H3,(H2,12,13,16). The fraction of sp³-hybridized carbons (Fsp3) is 0.636. The molecular weight excluding hydrogens is 224 g/mol. The van der Waals surface area contributed by atoms with Crippen molar-refractivity contribution in [3.8, 4) is 0 Å². The Morgan fingerprint density at radius 1 is 1.56 bits per heavy atom. The molecule has 4 nitrogen and oxygen atoms in total. The van der Waals surface area contributed by atoms with Crippen molar-refractivity contribution in [1.29, 1.82) is 0 Å². The van der Waals surface area contributed by atoms with Crippen molar-refractivity contribution in [2.24, 2.45) is 5.92 Å². The van der Waals surface area contributed by atoms with E-state index in [-0.39, 0.29) is 17.9 Å². The third-order valence-electron chi connectivity index (χ3n) is 2.46. The van der Waals surface area contributed by atoms with Crippen LogP contribution < -0.4 is 10.6 Å². The molecule has 0 saturated carbocycles. The second-order valence-electron chi connectivity index (χ2n) is 4.08. The number of hydrogen-bond acceptors (Lipinski definition) is 3. The number of thiocarbonyl (C=S) groups is 1. The molecular formula is C11H18N2O2S. The average Bonchev–Trinajstić information content (AvgIpc) is 2.16. The number of carbonyl (C=O) groups excluding carboxylic acids is 1. The van der Waals surface area contributed by atoms with Crippen LogP contribution in [0.3, 0.4) is 0 Å². The zero-order chi connectivity index (χ0) is 12.3. The highest BCUT2D eigenvalue weighted by atomic mass is 32.1. The summed E-state index contributed by atoms with van der Waals surface area (Å²) in [4.78, 5) is 11.8. The van der Waals surface area contributed by atoms with Gasteiger partial charge in [0.15, 0.2) is 5.11 Å². The van der Waals surface area contributed by atoms with E-state index in [0.29, 0.717) is 17.3 Å². The van der Waals surface area contributed by atoms with Crippen LogP contribution in [0.4, 0.5) is 0 Å². The lowest BCUT2D eigenvalue weighted by atomic mass is 9.93. The van der Waals surface area contributed by atoms with Crippen molar-refractivity contribution in [3.05, 3.63) is 11.3 Å². The normalized spacial score (nSPS) is 20.6. The van der Waals surface area contributed by atoms with Crippen molar-refractivity contribution < 1.29 is 9.53 Å². The van der Waals surface area contributed by atoms with Gasteiger partial charge in [0.25, 0.3) is 0 Å². The van der Waals surface area contributed by atoms with E-state index in [1.54, 1.807) is 6.92 Å². The summed E-state index contributed by atoms with van der Waals surface area (Å²) in [5.41, 5.74) is 1.42. The second-order valence-corrected chi connectivity index (χ2v) is 4.49. The van der Waals surface area contributed by atoms with E-state index in [0.717, 1.165) is 5.70 Å². The molecule has 0 fully saturated rings. The minimum atomic E-state index is -0.277. The topological polar surface area (TPSA) is 50.4 Å². The van der Waals surface area contributed by atoms with Crippen molar-refractivity contribution in [2.45, 2.75) is 33.7 Å². The van der Waals surface area contributed by atoms with E-state index >= 15 is 0 Å². The van der Waals surface area contributed by atoms with Crippen LogP contribution in [0, 0.1) is 5.92 Å². The molecule has 0 aromatic carbocycles. The van der Waals surface area contributed by atoms with E-state index in [1.807, 2.05) is 20.8 Å². The Hall–Kier alpha value is -1.10. The van der Waals surface area contributed by atoms with Gasteiger partial charge in [0.05, 0.1) is 18.2 Å². The molecule has 0 bridgehead atoms. The molecule has 1 atom stereocenters. The van der Waals surface area contributed by atoms with Crippen molar-refractivity contribution in [2.75, 3.05) is 6.61 Å². The van der Waals surface area contributed by atoms with Crippen LogP contribution in [0.25, 0.3) is 0 Å². The fourth-order valence-corrected chi connectivity index (χ4v) is 1.99. The van der Waals surface area contributed by atoms with Crippen LogP contribution in [-0.4, -0.2) is 23.7 Å². The van der Waals surface area contributed by atoms with Gasteiger partial charge in [-0.2, -0.15) is 0 Å². The van der Waals surface area contributed by atoms with Gasteiger partial charge in [0.2, 0.25) is 0 Å². The number of carbonyl (C=O) groups is 1. The predicted molar refractivity (Wildman–Crippen MR) is 66.8 cm³/mol. The van der Waals surface area contributed by atoms with Crippen molar-refractivity contribution in [1.82, 2.24) is 10.6 Å². The molecule has 0 aliphatic carbocycles. The smallest absolute Gasteiger partial charge is 0.337 e. The van der Waals surface area contributed by atoms with Gasteiger partial charge in [-0.25, -0.2) is 4.79 Å². The lowest BCUT2D eigenvalue weighted by molar-refractivity contribution is -0.139. The summed E-state index contributed by atoms with van der Waals surface area (Å²) in [6.45, 7) is 8.10. The van der Waals surface area contributed by atoms with Crippen LogP contribution in [0.5, 0.6) is 0 Å². The number of hydrogen-bond donors (Lipinski definition) is 2. The average molecular weight is 242 g/mol.